The first kappa shape index (κ1) is 25.6. The Hall–Kier alpha value is -3.50. The first-order chi connectivity index (χ1) is 17.6. The van der Waals surface area contributed by atoms with Gasteiger partial charge in [-0.25, -0.2) is 14.8 Å². The minimum absolute atomic E-state index is 0.583. The molecule has 4 aromatic rings. The van der Waals surface area contributed by atoms with Gasteiger partial charge < -0.3 is 9.47 Å². The van der Waals surface area contributed by atoms with E-state index in [0.29, 0.717) is 24.6 Å². The Kier molecular flexibility index (Phi) is 8.50. The van der Waals surface area contributed by atoms with Crippen LogP contribution in [0.15, 0.2) is 42.7 Å². The molecule has 4 rings (SSSR count). The van der Waals surface area contributed by atoms with Crippen LogP contribution in [0.5, 0.6) is 0 Å². The fraction of sp³-hybridized carbons (Fsp3) is 0.462. The average Bonchev–Trinajstić information content (AvgIpc) is 3.59. The molecule has 10 nitrogen and oxygen atoms in total. The number of unbranched alkanes of at least 4 members (excludes halogenated alkanes) is 2. The van der Waals surface area contributed by atoms with Crippen molar-refractivity contribution in [3.05, 3.63) is 59.9 Å². The molecule has 0 amide bonds. The van der Waals surface area contributed by atoms with Gasteiger partial charge in [0.25, 0.3) is 0 Å². The quantitative estimate of drug-likeness (QED) is 0.214. The van der Waals surface area contributed by atoms with Crippen molar-refractivity contribution in [3.8, 4) is 22.5 Å². The van der Waals surface area contributed by atoms with E-state index in [-0.39, 0.29) is 0 Å². The zero-order valence-electron chi connectivity index (χ0n) is 21.4. The predicted molar refractivity (Wildman–Crippen MR) is 136 cm³/mol. The Bertz CT molecular complexity index is 1220. The molecule has 0 atom stereocenters. The van der Waals surface area contributed by atoms with Crippen molar-refractivity contribution >= 4 is 0 Å². The number of H-pyrrole nitrogens is 1. The van der Waals surface area contributed by atoms with Crippen molar-refractivity contribution in [2.24, 2.45) is 0 Å². The Balaban J connectivity index is 1.61. The van der Waals surface area contributed by atoms with Crippen LogP contribution in [-0.2, 0) is 28.2 Å². The van der Waals surface area contributed by atoms with Gasteiger partial charge in [-0.1, -0.05) is 57.4 Å². The number of aromatic amines is 1. The number of aromatic nitrogens is 8. The number of ether oxygens (including phenoxy) is 2. The minimum Gasteiger partial charge on any atom is -0.347 e. The van der Waals surface area contributed by atoms with E-state index in [1.165, 1.54) is 0 Å². The van der Waals surface area contributed by atoms with E-state index in [1.807, 2.05) is 10.7 Å². The average molecular weight is 491 g/mol. The third-order valence-corrected chi connectivity index (χ3v) is 6.35. The number of benzene rings is 1. The topological polar surface area (TPSA) is 117 Å². The van der Waals surface area contributed by atoms with Crippen LogP contribution in [0.25, 0.3) is 22.5 Å². The predicted octanol–water partition coefficient (Wildman–Crippen LogP) is 4.55. The van der Waals surface area contributed by atoms with E-state index in [9.17, 15) is 0 Å². The summed E-state index contributed by atoms with van der Waals surface area (Å²) in [5.41, 5.74) is 4.03. The molecule has 3 aromatic heterocycles. The molecular formula is C26H34N8O2. The maximum absolute atomic E-state index is 5.78. The summed E-state index contributed by atoms with van der Waals surface area (Å²) in [7, 11) is 3.30. The number of pyridine rings is 1. The molecule has 0 aliphatic heterocycles. The van der Waals surface area contributed by atoms with Crippen molar-refractivity contribution in [1.29, 1.82) is 0 Å². The fourth-order valence-corrected chi connectivity index (χ4v) is 4.36. The van der Waals surface area contributed by atoms with Crippen LogP contribution in [0.2, 0.25) is 0 Å². The van der Waals surface area contributed by atoms with E-state index < -0.39 is 5.79 Å². The number of methoxy groups -OCH3 is 2. The summed E-state index contributed by atoms with van der Waals surface area (Å²) in [6.45, 7) is 4.91. The van der Waals surface area contributed by atoms with Gasteiger partial charge in [-0.15, -0.1) is 10.2 Å². The lowest BCUT2D eigenvalue weighted by Gasteiger charge is -2.27. The summed E-state index contributed by atoms with van der Waals surface area (Å²) < 4.78 is 13.6. The van der Waals surface area contributed by atoms with Gasteiger partial charge in [0, 0.05) is 45.0 Å². The monoisotopic (exact) mass is 490 g/mol. The third-order valence-electron chi connectivity index (χ3n) is 6.35. The van der Waals surface area contributed by atoms with Gasteiger partial charge >= 0.3 is 0 Å². The van der Waals surface area contributed by atoms with E-state index in [2.05, 4.69) is 63.7 Å². The van der Waals surface area contributed by atoms with Crippen molar-refractivity contribution in [2.75, 3.05) is 14.2 Å². The van der Waals surface area contributed by atoms with Crippen LogP contribution in [0.4, 0.5) is 0 Å². The first-order valence-electron chi connectivity index (χ1n) is 12.5. The van der Waals surface area contributed by atoms with Gasteiger partial charge in [0.05, 0.1) is 6.54 Å². The molecule has 190 valence electrons. The lowest BCUT2D eigenvalue weighted by atomic mass is 10.00. The summed E-state index contributed by atoms with van der Waals surface area (Å²) >= 11 is 0. The smallest absolute Gasteiger partial charge is 0.231 e. The highest BCUT2D eigenvalue weighted by molar-refractivity contribution is 5.79. The highest BCUT2D eigenvalue weighted by atomic mass is 16.7. The van der Waals surface area contributed by atoms with Gasteiger partial charge in [0.15, 0.2) is 5.82 Å². The van der Waals surface area contributed by atoms with E-state index in [0.717, 1.165) is 60.2 Å². The van der Waals surface area contributed by atoms with E-state index in [1.54, 1.807) is 26.6 Å². The second-order valence-electron chi connectivity index (χ2n) is 8.75. The molecule has 3 heterocycles. The lowest BCUT2D eigenvalue weighted by molar-refractivity contribution is -0.225. The summed E-state index contributed by atoms with van der Waals surface area (Å²) in [6, 6.07) is 10.4. The van der Waals surface area contributed by atoms with Gasteiger partial charge in [-0.2, -0.15) is 0 Å². The molecule has 1 N–H and O–H groups in total. The standard InChI is InChI=1S/C26H34N8O2/c1-5-7-8-9-23-28-25(26(35-3,36-4)15-6-2)31-34(23)18-19-10-12-20(13-11-19)21-14-16-27-17-22(21)24-29-32-33-30-24/h10-14,16-17H,5-9,15,18H2,1-4H3,(H,29,30,32,33). The number of aryl methyl sites for hydroxylation is 1. The molecule has 36 heavy (non-hydrogen) atoms. The molecule has 0 fully saturated rings. The summed E-state index contributed by atoms with van der Waals surface area (Å²) in [5.74, 6) is 1.18. The molecule has 0 spiro atoms. The van der Waals surface area contributed by atoms with Crippen molar-refractivity contribution < 1.29 is 9.47 Å². The molecule has 1 aromatic carbocycles. The first-order valence-corrected chi connectivity index (χ1v) is 12.5. The van der Waals surface area contributed by atoms with Gasteiger partial charge in [-0.05, 0) is 39.6 Å². The van der Waals surface area contributed by atoms with Crippen molar-refractivity contribution in [1.82, 2.24) is 40.4 Å². The second kappa shape index (κ2) is 12.0. The number of hydrogen-bond donors (Lipinski definition) is 1. The number of nitrogens with one attached hydrogen (secondary N) is 1. The Morgan fingerprint density at radius 3 is 2.44 bits per heavy atom. The highest BCUT2D eigenvalue weighted by Gasteiger charge is 2.36. The van der Waals surface area contributed by atoms with Crippen LogP contribution in [0.3, 0.4) is 0 Å². The summed E-state index contributed by atoms with van der Waals surface area (Å²) in [4.78, 5) is 9.12. The maximum Gasteiger partial charge on any atom is 0.231 e. The molecule has 0 aliphatic rings. The summed E-state index contributed by atoms with van der Waals surface area (Å²) in [6.07, 6.45) is 9.34. The molecule has 0 aliphatic carbocycles. The van der Waals surface area contributed by atoms with Crippen molar-refractivity contribution in [2.45, 2.75) is 64.7 Å². The van der Waals surface area contributed by atoms with Crippen molar-refractivity contribution in [3.63, 3.8) is 0 Å². The van der Waals surface area contributed by atoms with Gasteiger partial charge in [-0.3, -0.25) is 4.98 Å². The SMILES string of the molecule is CCCCCc1nc(C(CCC)(OC)OC)nn1Cc1ccc(-c2ccncc2-c2nnn[nH]2)cc1. The minimum atomic E-state index is -0.934. The normalized spacial score (nSPS) is 11.8. The molecule has 0 bridgehead atoms. The fourth-order valence-electron chi connectivity index (χ4n) is 4.36. The molecule has 10 heteroatoms. The van der Waals surface area contributed by atoms with Gasteiger partial charge in [0.1, 0.15) is 5.82 Å². The van der Waals surface area contributed by atoms with Crippen LogP contribution in [-0.4, -0.2) is 54.6 Å². The maximum atomic E-state index is 5.78. The zero-order valence-corrected chi connectivity index (χ0v) is 21.4. The third kappa shape index (κ3) is 5.50. The zero-order chi connectivity index (χ0) is 25.4. The van der Waals surface area contributed by atoms with Crippen LogP contribution in [0, 0.1) is 0 Å². The molecule has 0 saturated heterocycles. The molecule has 0 unspecified atom stereocenters. The Morgan fingerprint density at radius 2 is 1.78 bits per heavy atom. The molecule has 0 radical (unpaired) electrons. The van der Waals surface area contributed by atoms with Crippen LogP contribution in [0.1, 0.15) is 63.2 Å². The van der Waals surface area contributed by atoms with Crippen LogP contribution >= 0.6 is 0 Å². The van der Waals surface area contributed by atoms with E-state index >= 15 is 0 Å². The van der Waals surface area contributed by atoms with E-state index in [4.69, 9.17) is 19.6 Å². The number of hydrogen-bond acceptors (Lipinski definition) is 8. The number of tetrazole rings is 1. The summed E-state index contributed by atoms with van der Waals surface area (Å²) in [5, 5.41) is 19.1. The Morgan fingerprint density at radius 1 is 0.972 bits per heavy atom. The molecule has 0 saturated carbocycles. The lowest BCUT2D eigenvalue weighted by Crippen LogP contribution is -2.32. The van der Waals surface area contributed by atoms with Crippen LogP contribution < -0.4 is 0 Å². The highest BCUT2D eigenvalue weighted by Crippen LogP contribution is 2.31. The second-order valence-corrected chi connectivity index (χ2v) is 8.75. The Labute approximate surface area is 211 Å². The largest absolute Gasteiger partial charge is 0.347 e. The number of rotatable bonds is 13. The number of nitrogens with zero attached hydrogens (tertiary/aromatic N) is 7. The molecular weight excluding hydrogens is 456 g/mol. The van der Waals surface area contributed by atoms with Gasteiger partial charge in [0.2, 0.25) is 11.6 Å².